The number of halogens is 1. The van der Waals surface area contributed by atoms with Gasteiger partial charge in [0.25, 0.3) is 0 Å². The molecule has 0 aromatic heterocycles. The average Bonchev–Trinajstić information content (AvgIpc) is 2.74. The number of nitrogens with zero attached hydrogens (tertiary/aromatic N) is 1. The van der Waals surface area contributed by atoms with Gasteiger partial charge in [-0.25, -0.2) is 13.1 Å². The molecule has 1 heterocycles. The number of hydrogen-bond donors (Lipinski definition) is 2. The lowest BCUT2D eigenvalue weighted by molar-refractivity contribution is -0.131. The molecule has 1 aliphatic heterocycles. The molecule has 0 aromatic rings. The van der Waals surface area contributed by atoms with Crippen LogP contribution >= 0.6 is 11.6 Å². The van der Waals surface area contributed by atoms with Crippen LogP contribution in [0, 0.1) is 17.8 Å². The van der Waals surface area contributed by atoms with E-state index in [0.29, 0.717) is 50.4 Å². The first-order valence-corrected chi connectivity index (χ1v) is 13.6. The summed E-state index contributed by atoms with van der Waals surface area (Å²) in [5.41, 5.74) is 0. The molecule has 4 unspecified atom stereocenters. The van der Waals surface area contributed by atoms with E-state index in [1.165, 1.54) is 32.1 Å². The van der Waals surface area contributed by atoms with Crippen molar-refractivity contribution in [2.24, 2.45) is 17.8 Å². The van der Waals surface area contributed by atoms with Crippen LogP contribution in [0.3, 0.4) is 0 Å². The normalized spacial score (nSPS) is 32.1. The maximum atomic E-state index is 12.7. The molecule has 172 valence electrons. The second-order valence-corrected chi connectivity index (χ2v) is 11.7. The summed E-state index contributed by atoms with van der Waals surface area (Å²) in [4.78, 5) is 14.6. The van der Waals surface area contributed by atoms with Crippen molar-refractivity contribution in [2.45, 2.75) is 82.2 Å². The highest BCUT2D eigenvalue weighted by Crippen LogP contribution is 2.42. The predicted octanol–water partition coefficient (Wildman–Crippen LogP) is 3.23. The summed E-state index contributed by atoms with van der Waals surface area (Å²) in [6, 6.07) is 0.216. The van der Waals surface area contributed by atoms with E-state index in [9.17, 15) is 13.2 Å². The number of sulfonamides is 1. The molecule has 8 heteroatoms. The monoisotopic (exact) mass is 459 g/mol. The molecule has 3 rings (SSSR count). The Morgan fingerprint density at radius 2 is 1.80 bits per heavy atom. The highest BCUT2D eigenvalue weighted by atomic mass is 35.5. The molecule has 2 aliphatic carbocycles. The zero-order valence-electron chi connectivity index (χ0n) is 18.2. The Morgan fingerprint density at radius 3 is 2.43 bits per heavy atom. The first-order chi connectivity index (χ1) is 14.3. The molecule has 30 heavy (non-hydrogen) atoms. The maximum Gasteiger partial charge on any atom is 0.236 e. The standard InChI is InChI=1S/C22H38ClN3O3S/c1-3-30(28,29)25-18-9-11-26(12-10-18)22(27)15-24-21-14-19(20(23)13-16(21)2)17-7-5-4-6-8-17/h3,16-21,24-25H,1,4-15H2,2H3. The topological polar surface area (TPSA) is 78.5 Å². The van der Waals surface area contributed by atoms with Crippen molar-refractivity contribution in [3.05, 3.63) is 12.0 Å². The number of carbonyl (C=O) groups is 1. The van der Waals surface area contributed by atoms with Gasteiger partial charge in [-0.15, -0.1) is 11.6 Å². The van der Waals surface area contributed by atoms with Gasteiger partial charge in [0.2, 0.25) is 15.9 Å². The molecule has 0 aromatic carbocycles. The van der Waals surface area contributed by atoms with Crippen LogP contribution < -0.4 is 10.0 Å². The molecular weight excluding hydrogens is 422 g/mol. The average molecular weight is 460 g/mol. The number of carbonyl (C=O) groups excluding carboxylic acids is 1. The van der Waals surface area contributed by atoms with E-state index in [0.717, 1.165) is 24.2 Å². The molecule has 2 saturated carbocycles. The van der Waals surface area contributed by atoms with E-state index < -0.39 is 10.0 Å². The molecular formula is C22H38ClN3O3S. The number of rotatable bonds is 7. The number of nitrogens with one attached hydrogen (secondary N) is 2. The minimum atomic E-state index is -3.42. The van der Waals surface area contributed by atoms with Crippen LogP contribution in [0.1, 0.15) is 64.7 Å². The van der Waals surface area contributed by atoms with Crippen molar-refractivity contribution in [3.63, 3.8) is 0 Å². The van der Waals surface area contributed by atoms with Crippen LogP contribution in [0.4, 0.5) is 0 Å². The summed E-state index contributed by atoms with van der Waals surface area (Å²) in [5, 5.41) is 4.74. The van der Waals surface area contributed by atoms with Crippen molar-refractivity contribution in [3.8, 4) is 0 Å². The SMILES string of the molecule is C=CS(=O)(=O)NC1CCN(C(=O)CNC2CC(C3CCCCC3)C(Cl)CC2C)CC1. The zero-order chi connectivity index (χ0) is 21.7. The van der Waals surface area contributed by atoms with Gasteiger partial charge < -0.3 is 10.2 Å². The van der Waals surface area contributed by atoms with Crippen molar-refractivity contribution >= 4 is 27.5 Å². The number of likely N-dealkylation sites (tertiary alicyclic amines) is 1. The number of alkyl halides is 1. The van der Waals surface area contributed by atoms with Crippen molar-refractivity contribution in [1.29, 1.82) is 0 Å². The van der Waals surface area contributed by atoms with Gasteiger partial charge in [-0.05, 0) is 43.4 Å². The summed E-state index contributed by atoms with van der Waals surface area (Å²) in [6.07, 6.45) is 9.98. The van der Waals surface area contributed by atoms with Crippen LogP contribution in [0.15, 0.2) is 12.0 Å². The summed E-state index contributed by atoms with van der Waals surface area (Å²) in [5.74, 6) is 1.88. The van der Waals surface area contributed by atoms with Crippen LogP contribution in [-0.4, -0.2) is 56.3 Å². The first-order valence-electron chi connectivity index (χ1n) is 11.6. The third-order valence-electron chi connectivity index (χ3n) is 7.44. The second kappa shape index (κ2) is 10.8. The van der Waals surface area contributed by atoms with E-state index in [1.807, 2.05) is 4.90 Å². The van der Waals surface area contributed by atoms with Crippen LogP contribution in [0.2, 0.25) is 0 Å². The van der Waals surface area contributed by atoms with Crippen LogP contribution in [0.25, 0.3) is 0 Å². The van der Waals surface area contributed by atoms with Crippen LogP contribution in [-0.2, 0) is 14.8 Å². The summed E-state index contributed by atoms with van der Waals surface area (Å²) in [6.45, 7) is 7.08. The third kappa shape index (κ3) is 6.44. The van der Waals surface area contributed by atoms with Gasteiger partial charge in [-0.1, -0.05) is 45.6 Å². The van der Waals surface area contributed by atoms with Gasteiger partial charge in [0.05, 0.1) is 6.54 Å². The predicted molar refractivity (Wildman–Crippen MR) is 122 cm³/mol. The zero-order valence-corrected chi connectivity index (χ0v) is 19.8. The molecule has 3 aliphatic rings. The number of hydrogen-bond acceptors (Lipinski definition) is 4. The Balaban J connectivity index is 1.45. The molecule has 0 spiro atoms. The smallest absolute Gasteiger partial charge is 0.236 e. The Bertz CT molecular complexity index is 688. The van der Waals surface area contributed by atoms with E-state index >= 15 is 0 Å². The van der Waals surface area contributed by atoms with Gasteiger partial charge in [0.1, 0.15) is 0 Å². The van der Waals surface area contributed by atoms with E-state index in [2.05, 4.69) is 23.5 Å². The maximum absolute atomic E-state index is 12.7. The van der Waals surface area contributed by atoms with E-state index in [4.69, 9.17) is 11.6 Å². The summed E-state index contributed by atoms with van der Waals surface area (Å²) >= 11 is 6.77. The molecule has 2 N–H and O–H groups in total. The number of piperidine rings is 1. The third-order valence-corrected chi connectivity index (χ3v) is 9.05. The fraction of sp³-hybridized carbons (Fsp3) is 0.864. The van der Waals surface area contributed by atoms with Crippen molar-refractivity contribution in [1.82, 2.24) is 14.9 Å². The molecule has 6 nitrogen and oxygen atoms in total. The van der Waals surface area contributed by atoms with Crippen molar-refractivity contribution < 1.29 is 13.2 Å². The molecule has 3 fully saturated rings. The quantitative estimate of drug-likeness (QED) is 0.573. The molecule has 0 bridgehead atoms. The van der Waals surface area contributed by atoms with Gasteiger partial charge in [-0.2, -0.15) is 0 Å². The fourth-order valence-electron chi connectivity index (χ4n) is 5.56. The van der Waals surface area contributed by atoms with Gasteiger partial charge in [0, 0.05) is 36.0 Å². The molecule has 1 amide bonds. The van der Waals surface area contributed by atoms with E-state index in [1.54, 1.807) is 0 Å². The van der Waals surface area contributed by atoms with E-state index in [-0.39, 0.29) is 17.3 Å². The summed E-state index contributed by atoms with van der Waals surface area (Å²) < 4.78 is 25.9. The minimum absolute atomic E-state index is 0.106. The second-order valence-electron chi connectivity index (χ2n) is 9.50. The highest BCUT2D eigenvalue weighted by molar-refractivity contribution is 7.92. The van der Waals surface area contributed by atoms with Gasteiger partial charge >= 0.3 is 0 Å². The van der Waals surface area contributed by atoms with Crippen molar-refractivity contribution in [2.75, 3.05) is 19.6 Å². The highest BCUT2D eigenvalue weighted by Gasteiger charge is 2.38. The molecule has 4 atom stereocenters. The largest absolute Gasteiger partial charge is 0.341 e. The fourth-order valence-corrected chi connectivity index (χ4v) is 6.95. The Kier molecular flexibility index (Phi) is 8.64. The lowest BCUT2D eigenvalue weighted by atomic mass is 9.69. The first kappa shape index (κ1) is 24.0. The summed E-state index contributed by atoms with van der Waals surface area (Å²) in [7, 11) is -3.42. The number of amides is 1. The molecule has 0 radical (unpaired) electrons. The van der Waals surface area contributed by atoms with Gasteiger partial charge in [-0.3, -0.25) is 4.79 Å². The van der Waals surface area contributed by atoms with Crippen LogP contribution in [0.5, 0.6) is 0 Å². The Morgan fingerprint density at radius 1 is 1.13 bits per heavy atom. The Labute approximate surface area is 187 Å². The minimum Gasteiger partial charge on any atom is -0.341 e. The lowest BCUT2D eigenvalue weighted by Gasteiger charge is -2.43. The Hall–Kier alpha value is -0.630. The lowest BCUT2D eigenvalue weighted by Crippen LogP contribution is -2.51. The van der Waals surface area contributed by atoms with Gasteiger partial charge in [0.15, 0.2) is 0 Å². The molecule has 1 saturated heterocycles.